The Bertz CT molecular complexity index is 163. The van der Waals surface area contributed by atoms with Crippen LogP contribution in [0.1, 0.15) is 39.5 Å². The highest BCUT2D eigenvalue weighted by Crippen LogP contribution is 2.38. The van der Waals surface area contributed by atoms with Crippen LogP contribution in [0.5, 0.6) is 0 Å². The van der Waals surface area contributed by atoms with E-state index in [0.717, 1.165) is 12.8 Å². The summed E-state index contributed by atoms with van der Waals surface area (Å²) in [5, 5.41) is 0. The second-order valence-corrected chi connectivity index (χ2v) is 4.04. The van der Waals surface area contributed by atoms with Crippen molar-refractivity contribution in [3.05, 3.63) is 0 Å². The predicted octanol–water partition coefficient (Wildman–Crippen LogP) is 2.17. The monoisotopic (exact) mass is 170 g/mol. The van der Waals surface area contributed by atoms with Crippen LogP contribution in [0.25, 0.3) is 0 Å². The highest BCUT2D eigenvalue weighted by Gasteiger charge is 2.39. The van der Waals surface area contributed by atoms with Crippen LogP contribution in [0, 0.1) is 5.92 Å². The van der Waals surface area contributed by atoms with Crippen molar-refractivity contribution in [2.75, 3.05) is 7.11 Å². The minimum atomic E-state index is -0.0820. The first-order chi connectivity index (χ1) is 5.59. The van der Waals surface area contributed by atoms with E-state index in [-0.39, 0.29) is 11.5 Å². The fraction of sp³-hybridized carbons (Fsp3) is 0.900. The van der Waals surface area contributed by atoms with Crippen molar-refractivity contribution in [3.8, 4) is 0 Å². The zero-order valence-electron chi connectivity index (χ0n) is 8.22. The molecule has 1 aliphatic rings. The number of ketones is 1. The Balaban J connectivity index is 2.43. The summed E-state index contributed by atoms with van der Waals surface area (Å²) in [6.07, 6.45) is 3.93. The van der Waals surface area contributed by atoms with Crippen molar-refractivity contribution in [1.82, 2.24) is 0 Å². The molecule has 2 nitrogen and oxygen atoms in total. The van der Waals surface area contributed by atoms with Gasteiger partial charge >= 0.3 is 0 Å². The lowest BCUT2D eigenvalue weighted by Gasteiger charge is -2.40. The number of carbonyl (C=O) groups is 1. The van der Waals surface area contributed by atoms with E-state index in [4.69, 9.17) is 4.74 Å². The van der Waals surface area contributed by atoms with Crippen molar-refractivity contribution in [3.63, 3.8) is 0 Å². The third-order valence-corrected chi connectivity index (χ3v) is 2.84. The van der Waals surface area contributed by atoms with Gasteiger partial charge in [-0.25, -0.2) is 0 Å². The zero-order chi connectivity index (χ0) is 9.19. The van der Waals surface area contributed by atoms with Crippen LogP contribution in [0.4, 0.5) is 0 Å². The van der Waals surface area contributed by atoms with Crippen LogP contribution in [0.3, 0.4) is 0 Å². The van der Waals surface area contributed by atoms with Crippen LogP contribution < -0.4 is 0 Å². The highest BCUT2D eigenvalue weighted by atomic mass is 16.5. The quantitative estimate of drug-likeness (QED) is 0.646. The number of carbonyl (C=O) groups excluding carboxylic acids is 1. The first kappa shape index (κ1) is 9.72. The number of Topliss-reactive ketones (excluding diaryl/α,β-unsaturated/α-hetero) is 1. The van der Waals surface area contributed by atoms with Crippen LogP contribution in [-0.4, -0.2) is 18.5 Å². The van der Waals surface area contributed by atoms with E-state index < -0.39 is 0 Å². The van der Waals surface area contributed by atoms with Gasteiger partial charge in [-0.05, 0) is 19.3 Å². The van der Waals surface area contributed by atoms with Crippen LogP contribution in [-0.2, 0) is 9.53 Å². The first-order valence-corrected chi connectivity index (χ1v) is 4.67. The molecular weight excluding hydrogens is 152 g/mol. The summed E-state index contributed by atoms with van der Waals surface area (Å²) in [6, 6.07) is 0. The van der Waals surface area contributed by atoms with E-state index in [9.17, 15) is 4.79 Å². The molecule has 0 amide bonds. The molecule has 1 saturated carbocycles. The molecule has 2 heteroatoms. The van der Waals surface area contributed by atoms with Crippen molar-refractivity contribution < 1.29 is 9.53 Å². The molecule has 0 radical (unpaired) electrons. The van der Waals surface area contributed by atoms with Crippen LogP contribution in [0.15, 0.2) is 0 Å². The first-order valence-electron chi connectivity index (χ1n) is 4.67. The van der Waals surface area contributed by atoms with E-state index in [1.807, 2.05) is 13.8 Å². The molecule has 0 spiro atoms. The van der Waals surface area contributed by atoms with Crippen molar-refractivity contribution in [2.24, 2.45) is 5.92 Å². The van der Waals surface area contributed by atoms with Gasteiger partial charge in [-0.2, -0.15) is 0 Å². The van der Waals surface area contributed by atoms with Gasteiger partial charge in [0.25, 0.3) is 0 Å². The summed E-state index contributed by atoms with van der Waals surface area (Å²) in [5.41, 5.74) is -0.0820. The Hall–Kier alpha value is -0.370. The molecule has 1 rings (SSSR count). The molecule has 1 aliphatic carbocycles. The van der Waals surface area contributed by atoms with Gasteiger partial charge in [-0.3, -0.25) is 4.79 Å². The average Bonchev–Trinajstić information content (AvgIpc) is 1.96. The van der Waals surface area contributed by atoms with Gasteiger partial charge < -0.3 is 4.74 Å². The molecule has 70 valence electrons. The second kappa shape index (κ2) is 3.56. The molecule has 0 aromatic rings. The molecule has 0 aromatic heterocycles. The minimum Gasteiger partial charge on any atom is -0.378 e. The number of methoxy groups -OCH3 is 1. The van der Waals surface area contributed by atoms with Gasteiger partial charge in [0.1, 0.15) is 5.78 Å². The van der Waals surface area contributed by atoms with Gasteiger partial charge in [0.05, 0.1) is 5.60 Å². The summed E-state index contributed by atoms with van der Waals surface area (Å²) in [7, 11) is 1.72. The molecule has 1 fully saturated rings. The molecule has 0 unspecified atom stereocenters. The molecule has 0 atom stereocenters. The number of hydrogen-bond donors (Lipinski definition) is 0. The summed E-state index contributed by atoms with van der Waals surface area (Å²) < 4.78 is 5.37. The maximum Gasteiger partial charge on any atom is 0.138 e. The fourth-order valence-corrected chi connectivity index (χ4v) is 1.55. The highest BCUT2D eigenvalue weighted by molar-refractivity contribution is 5.81. The van der Waals surface area contributed by atoms with E-state index in [0.29, 0.717) is 12.2 Å². The molecule has 12 heavy (non-hydrogen) atoms. The normalized spacial score (nSPS) is 20.7. The summed E-state index contributed by atoms with van der Waals surface area (Å²) in [4.78, 5) is 11.4. The van der Waals surface area contributed by atoms with E-state index in [1.165, 1.54) is 6.42 Å². The fourth-order valence-electron chi connectivity index (χ4n) is 1.55. The standard InChI is InChI=1S/C10H18O2/c1-8(2)9(11)7-10(12-3)5-4-6-10/h8H,4-7H2,1-3H3. The lowest BCUT2D eigenvalue weighted by atomic mass is 9.75. The molecule has 0 aromatic carbocycles. The van der Waals surface area contributed by atoms with Gasteiger partial charge in [-0.15, -0.1) is 0 Å². The van der Waals surface area contributed by atoms with E-state index in [1.54, 1.807) is 7.11 Å². The third kappa shape index (κ3) is 1.86. The van der Waals surface area contributed by atoms with Gasteiger partial charge in [0.15, 0.2) is 0 Å². The van der Waals surface area contributed by atoms with Crippen LogP contribution in [0.2, 0.25) is 0 Å². The molecule has 0 N–H and O–H groups in total. The Kier molecular flexibility index (Phi) is 2.89. The maximum atomic E-state index is 11.4. The smallest absolute Gasteiger partial charge is 0.138 e. The van der Waals surface area contributed by atoms with E-state index in [2.05, 4.69) is 0 Å². The largest absolute Gasteiger partial charge is 0.378 e. The number of hydrogen-bond acceptors (Lipinski definition) is 2. The van der Waals surface area contributed by atoms with Crippen LogP contribution >= 0.6 is 0 Å². The molecule has 0 aliphatic heterocycles. The zero-order valence-corrected chi connectivity index (χ0v) is 8.22. The summed E-state index contributed by atoms with van der Waals surface area (Å²) >= 11 is 0. The lowest BCUT2D eigenvalue weighted by molar-refractivity contribution is -0.135. The van der Waals surface area contributed by atoms with E-state index >= 15 is 0 Å². The molecular formula is C10H18O2. The molecule has 0 bridgehead atoms. The van der Waals surface area contributed by atoms with Gasteiger partial charge in [0, 0.05) is 19.4 Å². The van der Waals surface area contributed by atoms with Crippen molar-refractivity contribution >= 4 is 5.78 Å². The summed E-state index contributed by atoms with van der Waals surface area (Å²) in [6.45, 7) is 3.90. The molecule has 0 heterocycles. The Labute approximate surface area is 74.3 Å². The molecule has 0 saturated heterocycles. The lowest BCUT2D eigenvalue weighted by Crippen LogP contribution is -2.41. The predicted molar refractivity (Wildman–Crippen MR) is 48.1 cm³/mol. The Morgan fingerprint density at radius 2 is 2.08 bits per heavy atom. The van der Waals surface area contributed by atoms with Crippen molar-refractivity contribution in [1.29, 1.82) is 0 Å². The maximum absolute atomic E-state index is 11.4. The number of rotatable bonds is 4. The summed E-state index contributed by atoms with van der Waals surface area (Å²) in [5.74, 6) is 0.481. The Morgan fingerprint density at radius 3 is 2.33 bits per heavy atom. The van der Waals surface area contributed by atoms with Gasteiger partial charge in [0.2, 0.25) is 0 Å². The SMILES string of the molecule is COC1(CC(=O)C(C)C)CCC1. The number of ether oxygens (including phenoxy) is 1. The topological polar surface area (TPSA) is 26.3 Å². The minimum absolute atomic E-state index is 0.0820. The third-order valence-electron chi connectivity index (χ3n) is 2.84. The van der Waals surface area contributed by atoms with Gasteiger partial charge in [-0.1, -0.05) is 13.8 Å². The average molecular weight is 170 g/mol. The van der Waals surface area contributed by atoms with Crippen molar-refractivity contribution in [2.45, 2.75) is 45.1 Å². The second-order valence-electron chi connectivity index (χ2n) is 4.04. The Morgan fingerprint density at radius 1 is 1.50 bits per heavy atom.